The van der Waals surface area contributed by atoms with Crippen LogP contribution in [0.4, 0.5) is 0 Å². The summed E-state index contributed by atoms with van der Waals surface area (Å²) in [5, 5.41) is 2.75. The third kappa shape index (κ3) is 7.06. The number of rotatable bonds is 10. The van der Waals surface area contributed by atoms with Crippen LogP contribution in [-0.4, -0.2) is 39.8 Å². The smallest absolute Gasteiger partial charge is 0.255 e. The number of benzene rings is 2. The Morgan fingerprint density at radius 1 is 1.17 bits per heavy atom. The van der Waals surface area contributed by atoms with Crippen molar-refractivity contribution in [2.24, 2.45) is 0 Å². The van der Waals surface area contributed by atoms with Gasteiger partial charge in [-0.3, -0.25) is 4.79 Å². The second-order valence-electron chi connectivity index (χ2n) is 6.93. The molecule has 1 amide bonds. The lowest BCUT2D eigenvalue weighted by atomic mass is 10.2. The summed E-state index contributed by atoms with van der Waals surface area (Å²) in [6.45, 7) is 6.02. The van der Waals surface area contributed by atoms with Crippen molar-refractivity contribution >= 4 is 27.7 Å². The highest BCUT2D eigenvalue weighted by atomic mass is 32.2. The highest BCUT2D eigenvalue weighted by Gasteiger charge is 2.20. The van der Waals surface area contributed by atoms with Gasteiger partial charge < -0.3 is 10.1 Å². The maximum atomic E-state index is 12.6. The Morgan fingerprint density at radius 3 is 2.59 bits per heavy atom. The molecule has 0 aliphatic rings. The molecule has 0 aliphatic heterocycles. The van der Waals surface area contributed by atoms with E-state index >= 15 is 0 Å². The van der Waals surface area contributed by atoms with E-state index in [0.717, 1.165) is 5.75 Å². The Bertz CT molecular complexity index is 943. The van der Waals surface area contributed by atoms with Gasteiger partial charge in [-0.2, -0.15) is 11.8 Å². The second-order valence-corrected chi connectivity index (χ2v) is 9.80. The molecule has 2 rings (SSSR count). The number of thioether (sulfide) groups is 1. The van der Waals surface area contributed by atoms with Crippen LogP contribution >= 0.6 is 11.8 Å². The van der Waals surface area contributed by atoms with E-state index < -0.39 is 10.0 Å². The minimum Gasteiger partial charge on any atom is -0.496 e. The first-order chi connectivity index (χ1) is 13.7. The van der Waals surface area contributed by atoms with Gasteiger partial charge in [-0.25, -0.2) is 13.1 Å². The Hall–Kier alpha value is -2.03. The molecule has 2 aromatic carbocycles. The normalized spacial score (nSPS) is 11.5. The number of amides is 1. The van der Waals surface area contributed by atoms with Crippen LogP contribution in [0.1, 0.15) is 35.3 Å². The molecule has 2 aromatic rings. The number of aryl methyl sites for hydroxylation is 1. The van der Waals surface area contributed by atoms with Crippen molar-refractivity contribution in [1.82, 2.24) is 10.0 Å². The van der Waals surface area contributed by atoms with Crippen molar-refractivity contribution in [3.8, 4) is 5.75 Å². The molecule has 0 heterocycles. The van der Waals surface area contributed by atoms with E-state index in [1.807, 2.05) is 32.9 Å². The third-order valence-corrected chi connectivity index (χ3v) is 6.52. The lowest BCUT2D eigenvalue weighted by molar-refractivity contribution is 0.0940. The minimum atomic E-state index is -3.72. The van der Waals surface area contributed by atoms with Gasteiger partial charge >= 0.3 is 0 Å². The number of carbonyl (C=O) groups is 1. The van der Waals surface area contributed by atoms with Crippen molar-refractivity contribution in [2.75, 3.05) is 19.4 Å². The SMILES string of the molecule is COc1ccc(S(=O)(=O)NCCSCc2cccc(C)c2)cc1C(=O)NC(C)C. The van der Waals surface area contributed by atoms with Crippen molar-refractivity contribution in [3.63, 3.8) is 0 Å². The number of nitrogens with one attached hydrogen (secondary N) is 2. The monoisotopic (exact) mass is 436 g/mol. The highest BCUT2D eigenvalue weighted by Crippen LogP contribution is 2.23. The van der Waals surface area contributed by atoms with E-state index in [0.29, 0.717) is 18.0 Å². The van der Waals surface area contributed by atoms with Gasteiger partial charge in [0.2, 0.25) is 10.0 Å². The highest BCUT2D eigenvalue weighted by molar-refractivity contribution is 7.98. The van der Waals surface area contributed by atoms with Crippen LogP contribution in [0.5, 0.6) is 5.75 Å². The van der Waals surface area contributed by atoms with Crippen LogP contribution in [0.25, 0.3) is 0 Å². The Kier molecular flexibility index (Phi) is 8.55. The average Bonchev–Trinajstić information content (AvgIpc) is 2.66. The van der Waals surface area contributed by atoms with Gasteiger partial charge in [0, 0.05) is 24.1 Å². The fourth-order valence-corrected chi connectivity index (χ4v) is 4.69. The molecule has 2 N–H and O–H groups in total. The van der Waals surface area contributed by atoms with Gasteiger partial charge in [0.15, 0.2) is 0 Å². The van der Waals surface area contributed by atoms with Gasteiger partial charge in [0.05, 0.1) is 17.6 Å². The summed E-state index contributed by atoms with van der Waals surface area (Å²) < 4.78 is 33.0. The van der Waals surface area contributed by atoms with Crippen molar-refractivity contribution in [2.45, 2.75) is 37.5 Å². The molecule has 0 saturated carbocycles. The summed E-state index contributed by atoms with van der Waals surface area (Å²) in [5.41, 5.74) is 2.62. The Morgan fingerprint density at radius 2 is 1.93 bits per heavy atom. The number of carbonyl (C=O) groups excluding carboxylic acids is 1. The fraction of sp³-hybridized carbons (Fsp3) is 0.381. The first-order valence-electron chi connectivity index (χ1n) is 9.35. The Labute approximate surface area is 177 Å². The first kappa shape index (κ1) is 23.3. The molecule has 6 nitrogen and oxygen atoms in total. The predicted octanol–water partition coefficient (Wildman–Crippen LogP) is 3.35. The molecule has 0 fully saturated rings. The molecule has 8 heteroatoms. The summed E-state index contributed by atoms with van der Waals surface area (Å²) >= 11 is 1.66. The van der Waals surface area contributed by atoms with Crippen LogP contribution in [0, 0.1) is 6.92 Å². The van der Waals surface area contributed by atoms with Crippen molar-refractivity contribution < 1.29 is 17.9 Å². The molecule has 0 aliphatic carbocycles. The van der Waals surface area contributed by atoms with Gasteiger partial charge in [0.1, 0.15) is 5.75 Å². The zero-order valence-corrected chi connectivity index (χ0v) is 18.8. The van der Waals surface area contributed by atoms with Crippen molar-refractivity contribution in [3.05, 3.63) is 59.2 Å². The fourth-order valence-electron chi connectivity index (χ4n) is 2.70. The number of methoxy groups -OCH3 is 1. The quantitative estimate of drug-likeness (QED) is 0.558. The standard InChI is InChI=1S/C21H28N2O4S2/c1-15(2)23-21(24)19-13-18(8-9-20(19)27-4)29(25,26)22-10-11-28-14-17-7-5-6-16(3)12-17/h5-9,12-13,15,22H,10-11,14H2,1-4H3,(H,23,24). The van der Waals surface area contributed by atoms with Gasteiger partial charge in [-0.15, -0.1) is 0 Å². The van der Waals surface area contributed by atoms with Crippen molar-refractivity contribution in [1.29, 1.82) is 0 Å². The van der Waals surface area contributed by atoms with Crippen LogP contribution in [0.2, 0.25) is 0 Å². The molecule has 0 bridgehead atoms. The molecule has 29 heavy (non-hydrogen) atoms. The van der Waals surface area contributed by atoms with Gasteiger partial charge in [-0.05, 0) is 44.5 Å². The topological polar surface area (TPSA) is 84.5 Å². The van der Waals surface area contributed by atoms with E-state index in [4.69, 9.17) is 4.74 Å². The summed E-state index contributed by atoms with van der Waals surface area (Å²) in [4.78, 5) is 12.4. The van der Waals surface area contributed by atoms with Gasteiger partial charge in [0.25, 0.3) is 5.91 Å². The second kappa shape index (κ2) is 10.7. The molecule has 0 spiro atoms. The molecule has 158 valence electrons. The largest absolute Gasteiger partial charge is 0.496 e. The van der Waals surface area contributed by atoms with Crippen LogP contribution in [0.15, 0.2) is 47.4 Å². The van der Waals surface area contributed by atoms with Crippen LogP contribution < -0.4 is 14.8 Å². The number of hydrogen-bond acceptors (Lipinski definition) is 5. The lowest BCUT2D eigenvalue weighted by Gasteiger charge is -2.13. The molecule has 0 radical (unpaired) electrons. The molecular weight excluding hydrogens is 408 g/mol. The first-order valence-corrected chi connectivity index (χ1v) is 12.0. The van der Waals surface area contributed by atoms with E-state index in [1.54, 1.807) is 11.8 Å². The maximum absolute atomic E-state index is 12.6. The molecule has 0 atom stereocenters. The van der Waals surface area contributed by atoms with Gasteiger partial charge in [-0.1, -0.05) is 29.8 Å². The number of hydrogen-bond donors (Lipinski definition) is 2. The summed E-state index contributed by atoms with van der Waals surface area (Å²) in [7, 11) is -2.28. The third-order valence-electron chi connectivity index (χ3n) is 4.04. The maximum Gasteiger partial charge on any atom is 0.255 e. The van der Waals surface area contributed by atoms with E-state index in [9.17, 15) is 13.2 Å². The zero-order chi connectivity index (χ0) is 21.4. The summed E-state index contributed by atoms with van der Waals surface area (Å²) in [6.07, 6.45) is 0. The van der Waals surface area contributed by atoms with Crippen LogP contribution in [0.3, 0.4) is 0 Å². The lowest BCUT2D eigenvalue weighted by Crippen LogP contribution is -2.31. The predicted molar refractivity (Wildman–Crippen MR) is 118 cm³/mol. The summed E-state index contributed by atoms with van der Waals surface area (Å²) in [6, 6.07) is 12.5. The molecular formula is C21H28N2O4S2. The molecule has 0 aromatic heterocycles. The van der Waals surface area contributed by atoms with Crippen LogP contribution in [-0.2, 0) is 15.8 Å². The zero-order valence-electron chi connectivity index (χ0n) is 17.2. The number of sulfonamides is 1. The summed E-state index contributed by atoms with van der Waals surface area (Å²) in [5.74, 6) is 1.42. The van der Waals surface area contributed by atoms with E-state index in [1.165, 1.54) is 36.4 Å². The minimum absolute atomic E-state index is 0.0379. The Balaban J connectivity index is 1.98. The van der Waals surface area contributed by atoms with E-state index in [2.05, 4.69) is 22.2 Å². The molecule has 0 unspecified atom stereocenters. The average molecular weight is 437 g/mol. The van der Waals surface area contributed by atoms with E-state index in [-0.39, 0.29) is 22.4 Å². The number of ether oxygens (including phenoxy) is 1. The molecule has 0 saturated heterocycles.